The van der Waals surface area contributed by atoms with Gasteiger partial charge < -0.3 is 5.73 Å². The van der Waals surface area contributed by atoms with Crippen LogP contribution < -0.4 is 5.73 Å². The smallest absolute Gasteiger partial charge is 0.0924 e. The summed E-state index contributed by atoms with van der Waals surface area (Å²) in [6.07, 6.45) is 0.533. The molecule has 110 valence electrons. The van der Waals surface area contributed by atoms with Crippen LogP contribution in [0.25, 0.3) is 0 Å². The van der Waals surface area contributed by atoms with Crippen LogP contribution in [0.15, 0.2) is 59.1 Å². The molecule has 2 rings (SSSR count). The second-order valence-electron chi connectivity index (χ2n) is 5.16. The van der Waals surface area contributed by atoms with E-state index in [1.165, 1.54) is 11.1 Å². The van der Waals surface area contributed by atoms with E-state index in [0.717, 1.165) is 11.0 Å². The minimum atomic E-state index is 0.107. The molecule has 2 aromatic rings. The van der Waals surface area contributed by atoms with E-state index in [1.54, 1.807) is 0 Å². The van der Waals surface area contributed by atoms with E-state index in [1.807, 2.05) is 36.4 Å². The third kappa shape index (κ3) is 4.41. The average Bonchev–Trinajstić information content (AvgIpc) is 2.48. The quantitative estimate of drug-likeness (QED) is 0.615. The van der Waals surface area contributed by atoms with Gasteiger partial charge in [-0.25, -0.2) is 0 Å². The summed E-state index contributed by atoms with van der Waals surface area (Å²) in [6, 6.07) is 18.5. The number of halogens is 1. The molecule has 0 amide bonds. The van der Waals surface area contributed by atoms with E-state index in [2.05, 4.69) is 46.1 Å². The molecule has 0 saturated carbocycles. The molecule has 4 heteroatoms. The molecule has 0 bridgehead atoms. The Morgan fingerprint density at radius 2 is 1.76 bits per heavy atom. The summed E-state index contributed by atoms with van der Waals surface area (Å²) in [5, 5.41) is 7.63. The monoisotopic (exact) mass is 345 g/mol. The molecule has 1 unspecified atom stereocenters. The summed E-state index contributed by atoms with van der Waals surface area (Å²) in [7, 11) is 2.07. The zero-order valence-corrected chi connectivity index (χ0v) is 13.7. The summed E-state index contributed by atoms with van der Waals surface area (Å²) in [5.74, 6) is 0.211. The number of nitrogens with two attached hydrogens (primary N) is 1. The van der Waals surface area contributed by atoms with Gasteiger partial charge in [-0.05, 0) is 24.2 Å². The normalized spacial score (nSPS) is 12.3. The molecular formula is C17H20BrN3. The van der Waals surface area contributed by atoms with Gasteiger partial charge in [0, 0.05) is 23.5 Å². The van der Waals surface area contributed by atoms with Crippen LogP contribution in [0.5, 0.6) is 0 Å². The van der Waals surface area contributed by atoms with Crippen molar-refractivity contribution in [3.05, 3.63) is 70.2 Å². The highest BCUT2D eigenvalue weighted by Gasteiger charge is 2.18. The van der Waals surface area contributed by atoms with Crippen molar-refractivity contribution >= 4 is 21.8 Å². The van der Waals surface area contributed by atoms with Crippen molar-refractivity contribution in [2.75, 3.05) is 7.05 Å². The largest absolute Gasteiger partial charge is 0.388 e. The zero-order valence-electron chi connectivity index (χ0n) is 12.1. The van der Waals surface area contributed by atoms with Crippen LogP contribution in [0.3, 0.4) is 0 Å². The lowest BCUT2D eigenvalue weighted by Gasteiger charge is -2.28. The molecule has 0 fully saturated rings. The fourth-order valence-corrected chi connectivity index (χ4v) is 2.83. The third-order valence-corrected chi connectivity index (χ3v) is 4.28. The number of hydrogen-bond donors (Lipinski definition) is 2. The Morgan fingerprint density at radius 3 is 2.38 bits per heavy atom. The first-order valence-electron chi connectivity index (χ1n) is 6.89. The Labute approximate surface area is 134 Å². The van der Waals surface area contributed by atoms with Crippen molar-refractivity contribution in [1.29, 1.82) is 5.41 Å². The van der Waals surface area contributed by atoms with Gasteiger partial charge in [0.15, 0.2) is 0 Å². The maximum absolute atomic E-state index is 7.63. The summed E-state index contributed by atoms with van der Waals surface area (Å²) in [6.45, 7) is 0.800. The van der Waals surface area contributed by atoms with Crippen LogP contribution >= 0.6 is 15.9 Å². The Morgan fingerprint density at radius 1 is 1.14 bits per heavy atom. The van der Waals surface area contributed by atoms with Crippen LogP contribution in [0.2, 0.25) is 0 Å². The van der Waals surface area contributed by atoms with E-state index >= 15 is 0 Å². The number of benzene rings is 2. The maximum atomic E-state index is 7.63. The van der Waals surface area contributed by atoms with Gasteiger partial charge >= 0.3 is 0 Å². The second kappa shape index (κ2) is 7.38. The van der Waals surface area contributed by atoms with Gasteiger partial charge in [-0.15, -0.1) is 0 Å². The topological polar surface area (TPSA) is 53.1 Å². The Balaban J connectivity index is 2.20. The van der Waals surface area contributed by atoms with Crippen molar-refractivity contribution in [2.24, 2.45) is 5.73 Å². The minimum Gasteiger partial charge on any atom is -0.388 e. The summed E-state index contributed by atoms with van der Waals surface area (Å²) in [5.41, 5.74) is 8.05. The van der Waals surface area contributed by atoms with Gasteiger partial charge in [-0.3, -0.25) is 10.3 Å². The Bertz CT molecular complexity index is 598. The highest BCUT2D eigenvalue weighted by molar-refractivity contribution is 9.10. The third-order valence-electron chi connectivity index (χ3n) is 3.51. The van der Waals surface area contributed by atoms with Gasteiger partial charge in [0.25, 0.3) is 0 Å². The van der Waals surface area contributed by atoms with Gasteiger partial charge in [-0.2, -0.15) is 0 Å². The fraction of sp³-hybridized carbons (Fsp3) is 0.235. The van der Waals surface area contributed by atoms with E-state index in [4.69, 9.17) is 11.1 Å². The molecule has 0 aliphatic rings. The highest BCUT2D eigenvalue weighted by Crippen LogP contribution is 2.26. The van der Waals surface area contributed by atoms with E-state index in [-0.39, 0.29) is 11.9 Å². The molecule has 0 saturated heterocycles. The molecule has 1 atom stereocenters. The van der Waals surface area contributed by atoms with Crippen LogP contribution in [0, 0.1) is 5.41 Å². The van der Waals surface area contributed by atoms with Crippen molar-refractivity contribution in [2.45, 2.75) is 19.0 Å². The standard InChI is InChI=1S/C17H20BrN3/c1-21(12-14-9-5-6-10-15(14)18)16(11-17(19)20)13-7-3-2-4-8-13/h2-10,16H,11-12H2,1H3,(H3,19,20). The van der Waals surface area contributed by atoms with Crippen LogP contribution in [0.4, 0.5) is 0 Å². The summed E-state index contributed by atoms with van der Waals surface area (Å²) >= 11 is 3.59. The minimum absolute atomic E-state index is 0.107. The fourth-order valence-electron chi connectivity index (χ4n) is 2.42. The molecule has 3 nitrogen and oxygen atoms in total. The SMILES string of the molecule is CN(Cc1ccccc1Br)C(CC(=N)N)c1ccccc1. The van der Waals surface area contributed by atoms with Gasteiger partial charge in [0.2, 0.25) is 0 Å². The number of nitrogens with zero attached hydrogens (tertiary/aromatic N) is 1. The predicted octanol–water partition coefficient (Wildman–Crippen LogP) is 3.95. The van der Waals surface area contributed by atoms with Crippen molar-refractivity contribution in [3.8, 4) is 0 Å². The molecule has 0 aliphatic carbocycles. The highest BCUT2D eigenvalue weighted by atomic mass is 79.9. The van der Waals surface area contributed by atoms with Gasteiger partial charge in [0.1, 0.15) is 0 Å². The first-order valence-corrected chi connectivity index (χ1v) is 7.68. The predicted molar refractivity (Wildman–Crippen MR) is 91.3 cm³/mol. The van der Waals surface area contributed by atoms with Crippen LogP contribution in [-0.2, 0) is 6.54 Å². The van der Waals surface area contributed by atoms with Gasteiger partial charge in [0.05, 0.1) is 5.84 Å². The van der Waals surface area contributed by atoms with Crippen molar-refractivity contribution in [1.82, 2.24) is 4.90 Å². The van der Waals surface area contributed by atoms with Crippen molar-refractivity contribution < 1.29 is 0 Å². The molecule has 0 aliphatic heterocycles. The lowest BCUT2D eigenvalue weighted by Crippen LogP contribution is -2.28. The van der Waals surface area contributed by atoms with Crippen LogP contribution in [-0.4, -0.2) is 17.8 Å². The lowest BCUT2D eigenvalue weighted by atomic mass is 10.0. The molecule has 2 aromatic carbocycles. The first-order chi connectivity index (χ1) is 10.1. The first kappa shape index (κ1) is 15.7. The van der Waals surface area contributed by atoms with Crippen LogP contribution in [0.1, 0.15) is 23.6 Å². The molecule has 3 N–H and O–H groups in total. The van der Waals surface area contributed by atoms with E-state index in [0.29, 0.717) is 6.42 Å². The molecular weight excluding hydrogens is 326 g/mol. The van der Waals surface area contributed by atoms with Crippen molar-refractivity contribution in [3.63, 3.8) is 0 Å². The number of hydrogen-bond acceptors (Lipinski definition) is 2. The number of amidine groups is 1. The number of nitrogens with one attached hydrogen (secondary N) is 1. The van der Waals surface area contributed by atoms with E-state index in [9.17, 15) is 0 Å². The van der Waals surface area contributed by atoms with E-state index < -0.39 is 0 Å². The number of rotatable bonds is 6. The average molecular weight is 346 g/mol. The van der Waals surface area contributed by atoms with Gasteiger partial charge in [-0.1, -0.05) is 64.5 Å². The summed E-state index contributed by atoms with van der Waals surface area (Å²) < 4.78 is 1.10. The Hall–Kier alpha value is -1.65. The lowest BCUT2D eigenvalue weighted by molar-refractivity contribution is 0.241. The summed E-state index contributed by atoms with van der Waals surface area (Å²) in [4.78, 5) is 2.23. The molecule has 0 radical (unpaired) electrons. The Kier molecular flexibility index (Phi) is 5.53. The molecule has 0 aromatic heterocycles. The molecule has 0 heterocycles. The maximum Gasteiger partial charge on any atom is 0.0924 e. The second-order valence-corrected chi connectivity index (χ2v) is 6.02. The zero-order chi connectivity index (χ0) is 15.2. The molecule has 0 spiro atoms. The molecule has 21 heavy (non-hydrogen) atoms.